The van der Waals surface area contributed by atoms with Gasteiger partial charge in [-0.3, -0.25) is 0 Å². The number of carbonyl (C=O) groups is 2. The zero-order chi connectivity index (χ0) is 15.2. The van der Waals surface area contributed by atoms with E-state index in [1.54, 1.807) is 19.2 Å². The van der Waals surface area contributed by atoms with Crippen molar-refractivity contribution in [1.82, 2.24) is 10.6 Å². The van der Waals surface area contributed by atoms with Crippen LogP contribution >= 0.6 is 0 Å². The van der Waals surface area contributed by atoms with Gasteiger partial charge in [0.05, 0.1) is 11.7 Å². The Morgan fingerprint density at radius 3 is 2.48 bits per heavy atom. The number of benzene rings is 1. The number of amides is 2. The second-order valence-electron chi connectivity index (χ2n) is 5.18. The van der Waals surface area contributed by atoms with Crippen molar-refractivity contribution in [2.24, 2.45) is 5.92 Å². The summed E-state index contributed by atoms with van der Waals surface area (Å²) in [6, 6.07) is 6.16. The van der Waals surface area contributed by atoms with Gasteiger partial charge in [-0.2, -0.15) is 0 Å². The molecule has 1 unspecified atom stereocenters. The summed E-state index contributed by atoms with van der Waals surface area (Å²) in [5.41, 5.74) is 1.08. The monoisotopic (exact) mass is 292 g/mol. The van der Waals surface area contributed by atoms with Crippen LogP contribution in [0.15, 0.2) is 24.3 Å². The Morgan fingerprint density at radius 1 is 1.29 bits per heavy atom. The molecule has 1 aromatic rings. The highest BCUT2D eigenvalue weighted by atomic mass is 16.5. The van der Waals surface area contributed by atoms with Crippen molar-refractivity contribution in [3.8, 4) is 0 Å². The fourth-order valence-corrected chi connectivity index (χ4v) is 2.11. The summed E-state index contributed by atoms with van der Waals surface area (Å²) < 4.78 is 5.32. The Balaban J connectivity index is 1.71. The smallest absolute Gasteiger partial charge is 0.335 e. The Hall–Kier alpha value is -2.08. The molecule has 0 bridgehead atoms. The lowest BCUT2D eigenvalue weighted by Gasteiger charge is -2.15. The lowest BCUT2D eigenvalue weighted by Crippen LogP contribution is -2.40. The summed E-state index contributed by atoms with van der Waals surface area (Å²) in [4.78, 5) is 22.4. The van der Waals surface area contributed by atoms with E-state index in [9.17, 15) is 9.59 Å². The molecule has 0 saturated heterocycles. The molecule has 6 heteroatoms. The SMILES string of the molecule is COC(CNC(=O)NCc1ccc(C(=O)O)cc1)C1CC1. The summed E-state index contributed by atoms with van der Waals surface area (Å²) in [5.74, 6) is -0.392. The summed E-state index contributed by atoms with van der Waals surface area (Å²) in [7, 11) is 1.66. The molecule has 2 amide bonds. The van der Waals surface area contributed by atoms with Crippen molar-refractivity contribution in [1.29, 1.82) is 0 Å². The van der Waals surface area contributed by atoms with E-state index in [1.165, 1.54) is 12.1 Å². The van der Waals surface area contributed by atoms with Crippen molar-refractivity contribution in [2.45, 2.75) is 25.5 Å². The molecule has 0 aliphatic heterocycles. The van der Waals surface area contributed by atoms with Crippen LogP contribution in [0, 0.1) is 5.92 Å². The van der Waals surface area contributed by atoms with E-state index in [2.05, 4.69) is 10.6 Å². The van der Waals surface area contributed by atoms with Crippen molar-refractivity contribution < 1.29 is 19.4 Å². The molecule has 1 saturated carbocycles. The van der Waals surface area contributed by atoms with Crippen molar-refractivity contribution >= 4 is 12.0 Å². The van der Waals surface area contributed by atoms with Gasteiger partial charge in [0, 0.05) is 20.2 Å². The number of hydrogen-bond donors (Lipinski definition) is 3. The zero-order valence-electron chi connectivity index (χ0n) is 12.0. The standard InChI is InChI=1S/C15H20N2O4/c1-21-13(11-6-7-11)9-17-15(20)16-8-10-2-4-12(5-3-10)14(18)19/h2-5,11,13H,6-9H2,1H3,(H,18,19)(H2,16,17,20). The number of carbonyl (C=O) groups excluding carboxylic acids is 1. The van der Waals surface area contributed by atoms with Crippen LogP contribution in [-0.4, -0.2) is 36.9 Å². The Morgan fingerprint density at radius 2 is 1.95 bits per heavy atom. The van der Waals surface area contributed by atoms with Gasteiger partial charge in [-0.1, -0.05) is 12.1 Å². The van der Waals surface area contributed by atoms with E-state index in [4.69, 9.17) is 9.84 Å². The maximum Gasteiger partial charge on any atom is 0.335 e. The van der Waals surface area contributed by atoms with Crippen LogP contribution in [0.1, 0.15) is 28.8 Å². The maximum absolute atomic E-state index is 11.7. The van der Waals surface area contributed by atoms with E-state index in [0.717, 1.165) is 18.4 Å². The molecule has 0 spiro atoms. The molecule has 0 aromatic heterocycles. The number of hydrogen-bond acceptors (Lipinski definition) is 3. The largest absolute Gasteiger partial charge is 0.478 e. The predicted octanol–water partition coefficient (Wildman–Crippen LogP) is 1.61. The summed E-state index contributed by atoms with van der Waals surface area (Å²) in [6.45, 7) is 0.859. The highest BCUT2D eigenvalue weighted by Crippen LogP contribution is 2.33. The highest BCUT2D eigenvalue weighted by Gasteiger charge is 2.31. The molecule has 2 rings (SSSR count). The van der Waals surface area contributed by atoms with Gasteiger partial charge in [-0.05, 0) is 36.5 Å². The van der Waals surface area contributed by atoms with Gasteiger partial charge >= 0.3 is 12.0 Å². The second kappa shape index (κ2) is 7.08. The van der Waals surface area contributed by atoms with Gasteiger partial charge in [-0.25, -0.2) is 9.59 Å². The molecule has 1 fully saturated rings. The topological polar surface area (TPSA) is 87.7 Å². The molecule has 0 heterocycles. The minimum atomic E-state index is -0.960. The quantitative estimate of drug-likeness (QED) is 0.712. The van der Waals surface area contributed by atoms with Crippen LogP contribution in [0.2, 0.25) is 0 Å². The fourth-order valence-electron chi connectivity index (χ4n) is 2.11. The third-order valence-corrected chi connectivity index (χ3v) is 3.57. The molecular formula is C15H20N2O4. The lowest BCUT2D eigenvalue weighted by molar-refractivity contribution is 0.0697. The molecule has 0 radical (unpaired) electrons. The Kier molecular flexibility index (Phi) is 5.16. The zero-order valence-corrected chi connectivity index (χ0v) is 12.0. The predicted molar refractivity (Wildman–Crippen MR) is 77.2 cm³/mol. The molecule has 3 N–H and O–H groups in total. The number of aromatic carboxylic acids is 1. The number of methoxy groups -OCH3 is 1. The molecular weight excluding hydrogens is 272 g/mol. The summed E-state index contributed by atoms with van der Waals surface area (Å²) >= 11 is 0. The summed E-state index contributed by atoms with van der Waals surface area (Å²) in [5, 5.41) is 14.3. The van der Waals surface area contributed by atoms with Gasteiger partial charge in [0.25, 0.3) is 0 Å². The number of rotatable bonds is 7. The third-order valence-electron chi connectivity index (χ3n) is 3.57. The number of ether oxygens (including phenoxy) is 1. The van der Waals surface area contributed by atoms with E-state index < -0.39 is 5.97 Å². The molecule has 6 nitrogen and oxygen atoms in total. The van der Waals surface area contributed by atoms with E-state index in [0.29, 0.717) is 19.0 Å². The molecule has 114 valence electrons. The van der Waals surface area contributed by atoms with Crippen LogP contribution in [0.4, 0.5) is 4.79 Å². The van der Waals surface area contributed by atoms with Crippen molar-refractivity contribution in [3.63, 3.8) is 0 Å². The summed E-state index contributed by atoms with van der Waals surface area (Å²) in [6.07, 6.45) is 2.42. The third kappa shape index (κ3) is 4.75. The lowest BCUT2D eigenvalue weighted by atomic mass is 10.1. The Labute approximate surface area is 123 Å². The molecule has 21 heavy (non-hydrogen) atoms. The first-order chi connectivity index (χ1) is 10.1. The van der Waals surface area contributed by atoms with Crippen LogP contribution in [-0.2, 0) is 11.3 Å². The molecule has 1 aliphatic rings. The van der Waals surface area contributed by atoms with Crippen molar-refractivity contribution in [3.05, 3.63) is 35.4 Å². The number of carboxylic acid groups (broad SMARTS) is 1. The van der Waals surface area contributed by atoms with Crippen LogP contribution in [0.5, 0.6) is 0 Å². The first kappa shape index (κ1) is 15.3. The van der Waals surface area contributed by atoms with E-state index in [-0.39, 0.29) is 17.7 Å². The average Bonchev–Trinajstić information content (AvgIpc) is 3.31. The minimum Gasteiger partial charge on any atom is -0.478 e. The van der Waals surface area contributed by atoms with Gasteiger partial charge < -0.3 is 20.5 Å². The van der Waals surface area contributed by atoms with Gasteiger partial charge in [-0.15, -0.1) is 0 Å². The Bertz CT molecular complexity index is 497. The van der Waals surface area contributed by atoms with Crippen LogP contribution in [0.25, 0.3) is 0 Å². The van der Waals surface area contributed by atoms with Gasteiger partial charge in [0.2, 0.25) is 0 Å². The van der Waals surface area contributed by atoms with Crippen molar-refractivity contribution in [2.75, 3.05) is 13.7 Å². The van der Waals surface area contributed by atoms with Gasteiger partial charge in [0.1, 0.15) is 0 Å². The molecule has 1 aliphatic carbocycles. The molecule has 1 aromatic carbocycles. The van der Waals surface area contributed by atoms with Gasteiger partial charge in [0.15, 0.2) is 0 Å². The average molecular weight is 292 g/mol. The normalized spacial score (nSPS) is 15.3. The first-order valence-electron chi connectivity index (χ1n) is 6.97. The van der Waals surface area contributed by atoms with Crippen LogP contribution in [0.3, 0.4) is 0 Å². The minimum absolute atomic E-state index is 0.0885. The maximum atomic E-state index is 11.7. The second-order valence-corrected chi connectivity index (χ2v) is 5.18. The van der Waals surface area contributed by atoms with Crippen LogP contribution < -0.4 is 10.6 Å². The fraction of sp³-hybridized carbons (Fsp3) is 0.467. The molecule has 1 atom stereocenters. The number of carboxylic acids is 1. The highest BCUT2D eigenvalue weighted by molar-refractivity contribution is 5.87. The number of nitrogens with one attached hydrogen (secondary N) is 2. The first-order valence-corrected chi connectivity index (χ1v) is 6.97. The number of urea groups is 1. The van der Waals surface area contributed by atoms with E-state index >= 15 is 0 Å². The van der Waals surface area contributed by atoms with E-state index in [1.807, 2.05) is 0 Å².